The summed E-state index contributed by atoms with van der Waals surface area (Å²) < 4.78 is 0. The third-order valence-electron chi connectivity index (χ3n) is 3.42. The molecule has 1 fully saturated rings. The van der Waals surface area contributed by atoms with Gasteiger partial charge in [0.15, 0.2) is 0 Å². The molecule has 1 aliphatic heterocycles. The smallest absolute Gasteiger partial charge is 0.102 e. The summed E-state index contributed by atoms with van der Waals surface area (Å²) in [4.78, 5) is 2.47. The Labute approximate surface area is 93.2 Å². The van der Waals surface area contributed by atoms with Crippen LogP contribution in [0.3, 0.4) is 0 Å². The van der Waals surface area contributed by atoms with Crippen molar-refractivity contribution < 1.29 is 0 Å². The average molecular weight is 209 g/mol. The summed E-state index contributed by atoms with van der Waals surface area (Å²) in [6, 6.07) is 2.81. The molecule has 0 aromatic rings. The quantitative estimate of drug-likeness (QED) is 0.770. The lowest BCUT2D eigenvalue weighted by molar-refractivity contribution is 0.118. The summed E-state index contributed by atoms with van der Waals surface area (Å²) in [5.41, 5.74) is 5.16. The van der Waals surface area contributed by atoms with Crippen LogP contribution in [0.25, 0.3) is 0 Å². The molecule has 1 rings (SSSR count). The van der Waals surface area contributed by atoms with E-state index in [0.717, 1.165) is 25.4 Å². The Balaban J connectivity index is 2.40. The molecule has 1 saturated heterocycles. The maximum absolute atomic E-state index is 8.85. The number of piperidine rings is 1. The Kier molecular flexibility index (Phi) is 4.12. The second-order valence-corrected chi connectivity index (χ2v) is 5.31. The van der Waals surface area contributed by atoms with E-state index in [1.165, 1.54) is 12.8 Å². The standard InChI is InChI=1S/C12H23N3/c1-10-4-5-11(2)15(8-10)7-6-12(3,14)9-13/h10-11H,4-8,14H2,1-3H3. The fourth-order valence-corrected chi connectivity index (χ4v) is 2.12. The molecule has 0 amide bonds. The van der Waals surface area contributed by atoms with Crippen molar-refractivity contribution in [2.24, 2.45) is 11.7 Å². The third kappa shape index (κ3) is 3.81. The van der Waals surface area contributed by atoms with Gasteiger partial charge in [0.1, 0.15) is 5.54 Å². The molecular formula is C12H23N3. The highest BCUT2D eigenvalue weighted by Crippen LogP contribution is 2.22. The van der Waals surface area contributed by atoms with E-state index in [0.29, 0.717) is 6.04 Å². The van der Waals surface area contributed by atoms with Crippen LogP contribution in [0.15, 0.2) is 0 Å². The zero-order valence-electron chi connectivity index (χ0n) is 10.2. The van der Waals surface area contributed by atoms with E-state index in [4.69, 9.17) is 11.0 Å². The van der Waals surface area contributed by atoms with Crippen molar-refractivity contribution in [1.29, 1.82) is 5.26 Å². The largest absolute Gasteiger partial charge is 0.314 e. The van der Waals surface area contributed by atoms with Gasteiger partial charge in [0.2, 0.25) is 0 Å². The van der Waals surface area contributed by atoms with Gasteiger partial charge in [0.05, 0.1) is 6.07 Å². The number of hydrogen-bond acceptors (Lipinski definition) is 3. The van der Waals surface area contributed by atoms with Crippen LogP contribution in [-0.2, 0) is 0 Å². The lowest BCUT2D eigenvalue weighted by atomic mass is 9.93. The molecule has 3 atom stereocenters. The maximum atomic E-state index is 8.85. The van der Waals surface area contributed by atoms with Gasteiger partial charge in [0, 0.05) is 19.1 Å². The molecule has 0 aromatic heterocycles. The van der Waals surface area contributed by atoms with E-state index in [-0.39, 0.29) is 0 Å². The first-order chi connectivity index (χ1) is 6.94. The molecule has 1 heterocycles. The summed E-state index contributed by atoms with van der Waals surface area (Å²) >= 11 is 0. The van der Waals surface area contributed by atoms with E-state index in [9.17, 15) is 0 Å². The Morgan fingerprint density at radius 3 is 2.73 bits per heavy atom. The normalized spacial score (nSPS) is 31.9. The molecule has 0 bridgehead atoms. The Hall–Kier alpha value is -0.590. The number of nitrogens with two attached hydrogens (primary N) is 1. The zero-order chi connectivity index (χ0) is 11.5. The molecule has 0 aromatic carbocycles. The second kappa shape index (κ2) is 4.96. The monoisotopic (exact) mass is 209 g/mol. The highest BCUT2D eigenvalue weighted by atomic mass is 15.2. The molecule has 3 heteroatoms. The minimum Gasteiger partial charge on any atom is -0.314 e. The molecule has 0 spiro atoms. The van der Waals surface area contributed by atoms with Gasteiger partial charge in [-0.3, -0.25) is 0 Å². The summed E-state index contributed by atoms with van der Waals surface area (Å²) in [5, 5.41) is 8.85. The van der Waals surface area contributed by atoms with Crippen LogP contribution in [0.1, 0.15) is 40.0 Å². The average Bonchev–Trinajstić information content (AvgIpc) is 2.20. The first-order valence-corrected chi connectivity index (χ1v) is 5.89. The van der Waals surface area contributed by atoms with Crippen molar-refractivity contribution >= 4 is 0 Å². The number of nitrogens with zero attached hydrogens (tertiary/aromatic N) is 2. The number of rotatable bonds is 3. The van der Waals surface area contributed by atoms with Crippen molar-refractivity contribution in [3.8, 4) is 6.07 Å². The van der Waals surface area contributed by atoms with Gasteiger partial charge in [0.25, 0.3) is 0 Å². The molecule has 0 radical (unpaired) electrons. The maximum Gasteiger partial charge on any atom is 0.102 e. The van der Waals surface area contributed by atoms with E-state index in [1.807, 2.05) is 6.92 Å². The summed E-state index contributed by atoms with van der Waals surface area (Å²) in [5.74, 6) is 0.785. The van der Waals surface area contributed by atoms with Crippen molar-refractivity contribution in [3.05, 3.63) is 0 Å². The third-order valence-corrected chi connectivity index (χ3v) is 3.42. The summed E-state index contributed by atoms with van der Waals surface area (Å²) in [7, 11) is 0. The van der Waals surface area contributed by atoms with Crippen LogP contribution >= 0.6 is 0 Å². The van der Waals surface area contributed by atoms with E-state index >= 15 is 0 Å². The van der Waals surface area contributed by atoms with Gasteiger partial charge >= 0.3 is 0 Å². The predicted octanol–water partition coefficient (Wildman–Crippen LogP) is 1.74. The van der Waals surface area contributed by atoms with E-state index in [1.54, 1.807) is 0 Å². The minimum atomic E-state index is -0.666. The summed E-state index contributed by atoms with van der Waals surface area (Å²) in [6.45, 7) is 8.48. The van der Waals surface area contributed by atoms with Crippen molar-refractivity contribution in [2.75, 3.05) is 13.1 Å². The first-order valence-electron chi connectivity index (χ1n) is 5.89. The highest BCUT2D eigenvalue weighted by molar-refractivity contribution is 5.01. The molecular weight excluding hydrogens is 186 g/mol. The Bertz CT molecular complexity index is 242. The minimum absolute atomic E-state index is 0.649. The molecule has 3 nitrogen and oxygen atoms in total. The lowest BCUT2D eigenvalue weighted by Gasteiger charge is -2.37. The SMILES string of the molecule is CC1CCC(C)N(CCC(C)(N)C#N)C1. The Morgan fingerprint density at radius 1 is 1.47 bits per heavy atom. The van der Waals surface area contributed by atoms with Crippen molar-refractivity contribution in [3.63, 3.8) is 0 Å². The van der Waals surface area contributed by atoms with Gasteiger partial charge in [-0.05, 0) is 39.0 Å². The summed E-state index contributed by atoms with van der Waals surface area (Å²) in [6.07, 6.45) is 3.37. The van der Waals surface area contributed by atoms with Crippen LogP contribution in [0, 0.1) is 17.2 Å². The van der Waals surface area contributed by atoms with Gasteiger partial charge in [-0.1, -0.05) is 6.92 Å². The van der Waals surface area contributed by atoms with Crippen molar-refractivity contribution in [1.82, 2.24) is 4.90 Å². The zero-order valence-corrected chi connectivity index (χ0v) is 10.2. The Morgan fingerprint density at radius 2 is 2.13 bits per heavy atom. The van der Waals surface area contributed by atoms with Gasteiger partial charge < -0.3 is 10.6 Å². The van der Waals surface area contributed by atoms with Gasteiger partial charge in [-0.25, -0.2) is 0 Å². The molecule has 0 saturated carbocycles. The van der Waals surface area contributed by atoms with Crippen molar-refractivity contribution in [2.45, 2.75) is 51.6 Å². The fourth-order valence-electron chi connectivity index (χ4n) is 2.12. The molecule has 1 aliphatic rings. The highest BCUT2D eigenvalue weighted by Gasteiger charge is 2.25. The number of likely N-dealkylation sites (tertiary alicyclic amines) is 1. The molecule has 2 N–H and O–H groups in total. The molecule has 0 aliphatic carbocycles. The van der Waals surface area contributed by atoms with E-state index in [2.05, 4.69) is 24.8 Å². The molecule has 3 unspecified atom stereocenters. The van der Waals surface area contributed by atoms with Crippen LogP contribution in [0.4, 0.5) is 0 Å². The number of nitriles is 1. The van der Waals surface area contributed by atoms with Gasteiger partial charge in [-0.2, -0.15) is 5.26 Å². The first kappa shape index (κ1) is 12.5. The van der Waals surface area contributed by atoms with Crippen LogP contribution in [-0.4, -0.2) is 29.6 Å². The van der Waals surface area contributed by atoms with Crippen LogP contribution in [0.5, 0.6) is 0 Å². The fraction of sp³-hybridized carbons (Fsp3) is 0.917. The van der Waals surface area contributed by atoms with E-state index < -0.39 is 5.54 Å². The predicted molar refractivity (Wildman–Crippen MR) is 62.3 cm³/mol. The van der Waals surface area contributed by atoms with Crippen LogP contribution in [0.2, 0.25) is 0 Å². The lowest BCUT2D eigenvalue weighted by Crippen LogP contribution is -2.45. The van der Waals surface area contributed by atoms with Gasteiger partial charge in [-0.15, -0.1) is 0 Å². The second-order valence-electron chi connectivity index (χ2n) is 5.31. The molecule has 15 heavy (non-hydrogen) atoms. The molecule has 86 valence electrons. The topological polar surface area (TPSA) is 53.0 Å². The number of hydrogen-bond donors (Lipinski definition) is 1. The van der Waals surface area contributed by atoms with Crippen LogP contribution < -0.4 is 5.73 Å².